The molecule has 1 N–H and O–H groups in total. The van der Waals surface area contributed by atoms with Crippen LogP contribution in [0.3, 0.4) is 0 Å². The molecular weight excluding hydrogens is 320 g/mol. The molecule has 1 saturated carbocycles. The van der Waals surface area contributed by atoms with Crippen LogP contribution in [0.1, 0.15) is 25.7 Å². The van der Waals surface area contributed by atoms with Gasteiger partial charge in [0.15, 0.2) is 0 Å². The second-order valence-corrected chi connectivity index (χ2v) is 7.03. The summed E-state index contributed by atoms with van der Waals surface area (Å²) in [5.41, 5.74) is 0. The average Bonchev–Trinajstić information content (AvgIpc) is 2.77. The van der Waals surface area contributed by atoms with Crippen molar-refractivity contribution >= 4 is 45.1 Å². The van der Waals surface area contributed by atoms with E-state index in [1.54, 1.807) is 6.20 Å². The fourth-order valence-electron chi connectivity index (χ4n) is 2.26. The third kappa shape index (κ3) is 3.30. The maximum Gasteiger partial charge on any atom is 0.144 e. The fourth-order valence-corrected chi connectivity index (χ4v) is 3.87. The van der Waals surface area contributed by atoms with Gasteiger partial charge >= 0.3 is 0 Å². The topological polar surface area (TPSA) is 24.9 Å². The zero-order chi connectivity index (χ0) is 12.3. The van der Waals surface area contributed by atoms with Gasteiger partial charge in [-0.1, -0.05) is 24.4 Å². The molecule has 0 aliphatic heterocycles. The van der Waals surface area contributed by atoms with E-state index in [1.165, 1.54) is 25.7 Å². The van der Waals surface area contributed by atoms with Gasteiger partial charge in [0.25, 0.3) is 0 Å². The van der Waals surface area contributed by atoms with E-state index in [9.17, 15) is 0 Å². The van der Waals surface area contributed by atoms with E-state index in [0.717, 1.165) is 16.8 Å². The van der Waals surface area contributed by atoms with Gasteiger partial charge in [-0.05, 0) is 41.1 Å². The number of anilines is 1. The zero-order valence-electron chi connectivity index (χ0n) is 9.80. The van der Waals surface area contributed by atoms with E-state index >= 15 is 0 Å². The Labute approximate surface area is 120 Å². The van der Waals surface area contributed by atoms with Crippen molar-refractivity contribution in [2.75, 3.05) is 18.1 Å². The molecule has 1 aromatic rings. The highest BCUT2D eigenvalue weighted by atomic mass is 79.9. The molecule has 5 heteroatoms. The highest BCUT2D eigenvalue weighted by molar-refractivity contribution is 9.10. The maximum atomic E-state index is 6.14. The standard InChI is InChI=1S/C12H16BrClN2S/c1-17-12(4-2-3-5-12)8-16-11-10(14)6-9(13)7-15-11/h6-7H,2-5,8H2,1H3,(H,15,16). The van der Waals surface area contributed by atoms with Gasteiger partial charge in [-0.15, -0.1) is 0 Å². The molecule has 2 nitrogen and oxygen atoms in total. The predicted molar refractivity (Wildman–Crippen MR) is 80.2 cm³/mol. The fraction of sp³-hybridized carbons (Fsp3) is 0.583. The van der Waals surface area contributed by atoms with E-state index < -0.39 is 0 Å². The Balaban J connectivity index is 2.01. The summed E-state index contributed by atoms with van der Waals surface area (Å²) in [4.78, 5) is 4.30. The summed E-state index contributed by atoms with van der Waals surface area (Å²) in [6.07, 6.45) is 9.22. The third-order valence-electron chi connectivity index (χ3n) is 3.33. The minimum Gasteiger partial charge on any atom is -0.367 e. The highest BCUT2D eigenvalue weighted by Gasteiger charge is 2.32. The molecule has 2 rings (SSSR count). The number of nitrogens with one attached hydrogen (secondary N) is 1. The molecule has 0 saturated heterocycles. The molecular formula is C12H16BrClN2S. The van der Waals surface area contributed by atoms with Crippen LogP contribution < -0.4 is 5.32 Å². The number of hydrogen-bond acceptors (Lipinski definition) is 3. The maximum absolute atomic E-state index is 6.14. The van der Waals surface area contributed by atoms with Gasteiger partial charge in [0.1, 0.15) is 5.82 Å². The normalized spacial score (nSPS) is 18.3. The number of nitrogens with zero attached hydrogens (tertiary/aromatic N) is 1. The van der Waals surface area contributed by atoms with Crippen molar-refractivity contribution in [2.45, 2.75) is 30.4 Å². The molecule has 0 amide bonds. The molecule has 1 fully saturated rings. The molecule has 0 unspecified atom stereocenters. The van der Waals surface area contributed by atoms with E-state index in [1.807, 2.05) is 17.8 Å². The van der Waals surface area contributed by atoms with Gasteiger partial charge in [-0.3, -0.25) is 0 Å². The van der Waals surface area contributed by atoms with Gasteiger partial charge in [-0.25, -0.2) is 4.98 Å². The second-order valence-electron chi connectivity index (χ2n) is 4.43. The lowest BCUT2D eigenvalue weighted by molar-refractivity contribution is 0.638. The van der Waals surface area contributed by atoms with Crippen molar-refractivity contribution in [3.63, 3.8) is 0 Å². The number of hydrogen-bond donors (Lipinski definition) is 1. The highest BCUT2D eigenvalue weighted by Crippen LogP contribution is 2.40. The predicted octanol–water partition coefficient (Wildman–Crippen LogP) is 4.59. The summed E-state index contributed by atoms with van der Waals surface area (Å²) >= 11 is 11.5. The molecule has 1 aliphatic carbocycles. The lowest BCUT2D eigenvalue weighted by Crippen LogP contribution is -2.30. The van der Waals surface area contributed by atoms with Crippen LogP contribution in [0.25, 0.3) is 0 Å². The SMILES string of the molecule is CSC1(CNc2ncc(Br)cc2Cl)CCCC1. The van der Waals surface area contributed by atoms with E-state index in [4.69, 9.17) is 11.6 Å². The number of thioether (sulfide) groups is 1. The summed E-state index contributed by atoms with van der Waals surface area (Å²) < 4.78 is 1.28. The van der Waals surface area contributed by atoms with Crippen LogP contribution in [-0.2, 0) is 0 Å². The van der Waals surface area contributed by atoms with Gasteiger partial charge in [0, 0.05) is 22.0 Å². The first-order valence-electron chi connectivity index (χ1n) is 5.75. The minimum absolute atomic E-state index is 0.373. The molecule has 1 heterocycles. The Hall–Kier alpha value is 0.0700. The quantitative estimate of drug-likeness (QED) is 0.871. The summed E-state index contributed by atoms with van der Waals surface area (Å²) in [6.45, 7) is 0.947. The average molecular weight is 336 g/mol. The van der Waals surface area contributed by atoms with Crippen LogP contribution in [0.5, 0.6) is 0 Å². The molecule has 94 valence electrons. The van der Waals surface area contributed by atoms with E-state index in [2.05, 4.69) is 32.5 Å². The Morgan fingerprint density at radius 3 is 2.82 bits per heavy atom. The molecule has 17 heavy (non-hydrogen) atoms. The molecule has 0 radical (unpaired) electrons. The first-order chi connectivity index (χ1) is 8.15. The van der Waals surface area contributed by atoms with Gasteiger partial charge < -0.3 is 5.32 Å². The summed E-state index contributed by atoms with van der Waals surface area (Å²) in [7, 11) is 0. The van der Waals surface area contributed by atoms with Crippen LogP contribution in [-0.4, -0.2) is 22.5 Å². The largest absolute Gasteiger partial charge is 0.367 e. The van der Waals surface area contributed by atoms with Crippen LogP contribution in [0, 0.1) is 0 Å². The van der Waals surface area contributed by atoms with Crippen LogP contribution in [0.4, 0.5) is 5.82 Å². The van der Waals surface area contributed by atoms with E-state index in [-0.39, 0.29) is 0 Å². The first-order valence-corrected chi connectivity index (χ1v) is 8.15. The van der Waals surface area contributed by atoms with Gasteiger partial charge in [0.2, 0.25) is 0 Å². The summed E-state index contributed by atoms with van der Waals surface area (Å²) in [5.74, 6) is 0.787. The smallest absolute Gasteiger partial charge is 0.144 e. The number of aromatic nitrogens is 1. The van der Waals surface area contributed by atoms with Crippen LogP contribution in [0.15, 0.2) is 16.7 Å². The lowest BCUT2D eigenvalue weighted by Gasteiger charge is -2.27. The summed E-state index contributed by atoms with van der Waals surface area (Å²) in [5, 5.41) is 4.06. The summed E-state index contributed by atoms with van der Waals surface area (Å²) in [6, 6.07) is 1.87. The number of rotatable bonds is 4. The number of halogens is 2. The number of pyridine rings is 1. The molecule has 1 aliphatic rings. The molecule has 0 spiro atoms. The molecule has 0 aromatic carbocycles. The van der Waals surface area contributed by atoms with Crippen molar-refractivity contribution in [1.29, 1.82) is 0 Å². The second kappa shape index (κ2) is 5.81. The van der Waals surface area contributed by atoms with Crippen LogP contribution >= 0.6 is 39.3 Å². The van der Waals surface area contributed by atoms with Crippen molar-refractivity contribution < 1.29 is 0 Å². The first kappa shape index (κ1) is 13.5. The van der Waals surface area contributed by atoms with Crippen molar-refractivity contribution in [1.82, 2.24) is 4.98 Å². The van der Waals surface area contributed by atoms with Crippen LogP contribution in [0.2, 0.25) is 5.02 Å². The third-order valence-corrected chi connectivity index (χ3v) is 5.47. The van der Waals surface area contributed by atoms with Gasteiger partial charge in [0.05, 0.1) is 5.02 Å². The molecule has 0 atom stereocenters. The lowest BCUT2D eigenvalue weighted by atomic mass is 10.1. The van der Waals surface area contributed by atoms with Crippen molar-refractivity contribution in [3.8, 4) is 0 Å². The Bertz CT molecular complexity index is 394. The molecule has 1 aromatic heterocycles. The van der Waals surface area contributed by atoms with E-state index in [0.29, 0.717) is 9.77 Å². The Morgan fingerprint density at radius 1 is 1.53 bits per heavy atom. The van der Waals surface area contributed by atoms with Crippen molar-refractivity contribution in [2.24, 2.45) is 0 Å². The monoisotopic (exact) mass is 334 g/mol. The Morgan fingerprint density at radius 2 is 2.24 bits per heavy atom. The van der Waals surface area contributed by atoms with Gasteiger partial charge in [-0.2, -0.15) is 11.8 Å². The zero-order valence-corrected chi connectivity index (χ0v) is 13.0. The minimum atomic E-state index is 0.373. The molecule has 0 bridgehead atoms. The Kier molecular flexibility index (Phi) is 4.61. The van der Waals surface area contributed by atoms with Crippen molar-refractivity contribution in [3.05, 3.63) is 21.8 Å².